The lowest BCUT2D eigenvalue weighted by Crippen LogP contribution is -2.45. The monoisotopic (exact) mass is 367 g/mol. The Morgan fingerprint density at radius 1 is 1.19 bits per heavy atom. The second kappa shape index (κ2) is 7.50. The van der Waals surface area contributed by atoms with Crippen LogP contribution >= 0.6 is 0 Å². The average Bonchev–Trinajstić information content (AvgIpc) is 2.69. The van der Waals surface area contributed by atoms with Crippen molar-refractivity contribution in [1.82, 2.24) is 15.2 Å². The second-order valence-corrected chi connectivity index (χ2v) is 6.87. The Kier molecular flexibility index (Phi) is 4.92. The summed E-state index contributed by atoms with van der Waals surface area (Å²) in [5.41, 5.74) is 2.26. The number of hydrogen-bond donors (Lipinski definition) is 2. The Morgan fingerprint density at radius 3 is 2.78 bits per heavy atom. The molecule has 0 aliphatic carbocycles. The minimum atomic E-state index is -0.352. The molecule has 0 spiro atoms. The molecule has 0 saturated carbocycles. The lowest BCUT2D eigenvalue weighted by molar-refractivity contribution is 0.192. The molecule has 6 heteroatoms. The lowest BCUT2D eigenvalue weighted by atomic mass is 10.0. The second-order valence-electron chi connectivity index (χ2n) is 6.87. The number of piperazine rings is 1. The fourth-order valence-electron chi connectivity index (χ4n) is 3.59. The Morgan fingerprint density at radius 2 is 2.00 bits per heavy atom. The van der Waals surface area contributed by atoms with E-state index in [0.717, 1.165) is 30.8 Å². The number of hydrogen-bond acceptors (Lipinski definition) is 4. The van der Waals surface area contributed by atoms with Crippen molar-refractivity contribution in [3.05, 3.63) is 75.8 Å². The van der Waals surface area contributed by atoms with Crippen molar-refractivity contribution in [2.75, 3.05) is 26.7 Å². The minimum Gasteiger partial charge on any atom is -0.497 e. The summed E-state index contributed by atoms with van der Waals surface area (Å²) >= 11 is 0. The molecule has 1 saturated heterocycles. The van der Waals surface area contributed by atoms with E-state index in [0.29, 0.717) is 17.6 Å². The van der Waals surface area contributed by atoms with Crippen LogP contribution in [0, 0.1) is 5.82 Å². The molecule has 140 valence electrons. The number of nitrogens with zero attached hydrogens (tertiary/aromatic N) is 1. The molecule has 2 heterocycles. The van der Waals surface area contributed by atoms with Crippen LogP contribution in [0.3, 0.4) is 0 Å². The first kappa shape index (κ1) is 17.7. The number of nitrogens with one attached hydrogen (secondary N) is 2. The summed E-state index contributed by atoms with van der Waals surface area (Å²) in [5, 5.41) is 4.37. The summed E-state index contributed by atoms with van der Waals surface area (Å²) in [6.07, 6.45) is 0. The van der Waals surface area contributed by atoms with Crippen molar-refractivity contribution < 1.29 is 9.13 Å². The number of H-pyrrole nitrogens is 1. The molecule has 0 amide bonds. The number of ether oxygens (including phenoxy) is 1. The number of fused-ring (bicyclic) bond motifs is 1. The van der Waals surface area contributed by atoms with E-state index < -0.39 is 0 Å². The van der Waals surface area contributed by atoms with E-state index in [1.807, 2.05) is 18.2 Å². The molecule has 4 rings (SSSR count). The Labute approximate surface area is 156 Å². The predicted octanol–water partition coefficient (Wildman–Crippen LogP) is 2.82. The van der Waals surface area contributed by atoms with Gasteiger partial charge in [-0.15, -0.1) is 0 Å². The maximum Gasteiger partial charge on any atom is 0.252 e. The molecule has 2 aromatic carbocycles. The van der Waals surface area contributed by atoms with Crippen molar-refractivity contribution in [2.45, 2.75) is 12.6 Å². The molecule has 0 bridgehead atoms. The Balaban J connectivity index is 1.52. The Hall–Kier alpha value is -2.70. The molecule has 1 atom stereocenters. The van der Waals surface area contributed by atoms with Crippen LogP contribution in [0.25, 0.3) is 10.9 Å². The van der Waals surface area contributed by atoms with Gasteiger partial charge in [-0.1, -0.05) is 12.1 Å². The van der Waals surface area contributed by atoms with E-state index in [2.05, 4.69) is 27.3 Å². The molecule has 1 fully saturated rings. The van der Waals surface area contributed by atoms with E-state index in [1.54, 1.807) is 13.2 Å². The SMILES string of the molecule is COc1ccc(C2CN(Cc3cc4ccc(F)cc4[nH]c3=O)CCN2)cc1. The number of pyridine rings is 1. The van der Waals surface area contributed by atoms with Crippen LogP contribution in [0.15, 0.2) is 53.3 Å². The zero-order valence-corrected chi connectivity index (χ0v) is 15.2. The van der Waals surface area contributed by atoms with Crippen LogP contribution in [0.5, 0.6) is 5.75 Å². The zero-order valence-electron chi connectivity index (χ0n) is 15.2. The van der Waals surface area contributed by atoms with Crippen molar-refractivity contribution in [3.63, 3.8) is 0 Å². The van der Waals surface area contributed by atoms with Crippen LogP contribution in [0.4, 0.5) is 4.39 Å². The van der Waals surface area contributed by atoms with Gasteiger partial charge in [-0.25, -0.2) is 4.39 Å². The van der Waals surface area contributed by atoms with Gasteiger partial charge in [0.25, 0.3) is 5.56 Å². The third-order valence-corrected chi connectivity index (χ3v) is 5.06. The van der Waals surface area contributed by atoms with E-state index in [9.17, 15) is 9.18 Å². The van der Waals surface area contributed by atoms with E-state index in [-0.39, 0.29) is 17.4 Å². The first-order valence-electron chi connectivity index (χ1n) is 9.03. The van der Waals surface area contributed by atoms with Crippen LogP contribution in [0.1, 0.15) is 17.2 Å². The highest BCUT2D eigenvalue weighted by atomic mass is 19.1. The molecule has 3 aromatic rings. The maximum absolute atomic E-state index is 13.3. The normalized spacial score (nSPS) is 17.9. The number of methoxy groups -OCH3 is 1. The lowest BCUT2D eigenvalue weighted by Gasteiger charge is -2.34. The van der Waals surface area contributed by atoms with E-state index in [1.165, 1.54) is 17.7 Å². The summed E-state index contributed by atoms with van der Waals surface area (Å²) in [6.45, 7) is 3.10. The highest BCUT2D eigenvalue weighted by Crippen LogP contribution is 2.21. The third-order valence-electron chi connectivity index (χ3n) is 5.06. The summed E-state index contributed by atoms with van der Waals surface area (Å²) < 4.78 is 18.6. The van der Waals surface area contributed by atoms with Crippen LogP contribution in [-0.2, 0) is 6.54 Å². The molecule has 0 radical (unpaired) electrons. The fraction of sp³-hybridized carbons (Fsp3) is 0.286. The van der Waals surface area contributed by atoms with Gasteiger partial charge in [0.2, 0.25) is 0 Å². The van der Waals surface area contributed by atoms with Crippen LogP contribution in [0.2, 0.25) is 0 Å². The van der Waals surface area contributed by atoms with Gasteiger partial charge < -0.3 is 15.0 Å². The van der Waals surface area contributed by atoms with Gasteiger partial charge in [0.1, 0.15) is 11.6 Å². The molecule has 1 unspecified atom stereocenters. The average molecular weight is 367 g/mol. The number of rotatable bonds is 4. The van der Waals surface area contributed by atoms with Crippen molar-refractivity contribution in [2.24, 2.45) is 0 Å². The van der Waals surface area contributed by atoms with Gasteiger partial charge in [-0.05, 0) is 47.3 Å². The molecule has 5 nitrogen and oxygen atoms in total. The van der Waals surface area contributed by atoms with E-state index >= 15 is 0 Å². The fourth-order valence-corrected chi connectivity index (χ4v) is 3.59. The molecule has 1 aliphatic heterocycles. The summed E-state index contributed by atoms with van der Waals surface area (Å²) in [6, 6.07) is 14.6. The number of aromatic nitrogens is 1. The molecule has 1 aliphatic rings. The Bertz CT molecular complexity index is 1000. The van der Waals surface area contributed by atoms with Gasteiger partial charge in [0.15, 0.2) is 0 Å². The maximum atomic E-state index is 13.3. The molecular weight excluding hydrogens is 345 g/mol. The number of benzene rings is 2. The van der Waals surface area contributed by atoms with Crippen LogP contribution < -0.4 is 15.6 Å². The predicted molar refractivity (Wildman–Crippen MR) is 104 cm³/mol. The molecule has 1 aromatic heterocycles. The van der Waals surface area contributed by atoms with Gasteiger partial charge in [0.05, 0.1) is 12.6 Å². The van der Waals surface area contributed by atoms with Crippen molar-refractivity contribution in [1.29, 1.82) is 0 Å². The van der Waals surface area contributed by atoms with Gasteiger partial charge in [-0.2, -0.15) is 0 Å². The summed E-state index contributed by atoms with van der Waals surface area (Å²) in [5.74, 6) is 0.487. The third kappa shape index (κ3) is 3.86. The number of halogens is 1. The van der Waals surface area contributed by atoms with Crippen molar-refractivity contribution >= 4 is 10.9 Å². The largest absolute Gasteiger partial charge is 0.497 e. The van der Waals surface area contributed by atoms with E-state index in [4.69, 9.17) is 4.74 Å². The smallest absolute Gasteiger partial charge is 0.252 e. The van der Waals surface area contributed by atoms with Crippen LogP contribution in [-0.4, -0.2) is 36.6 Å². The van der Waals surface area contributed by atoms with Gasteiger partial charge in [-0.3, -0.25) is 9.69 Å². The molecule has 2 N–H and O–H groups in total. The van der Waals surface area contributed by atoms with Gasteiger partial charge in [0, 0.05) is 37.8 Å². The molecule has 27 heavy (non-hydrogen) atoms. The summed E-state index contributed by atoms with van der Waals surface area (Å²) in [7, 11) is 1.66. The quantitative estimate of drug-likeness (QED) is 0.745. The standard InChI is InChI=1S/C21H22FN3O2/c1-27-18-6-3-14(4-7-18)20-13-25(9-8-23-20)12-16-10-15-2-5-17(22)11-19(15)24-21(16)26/h2-7,10-11,20,23H,8-9,12-13H2,1H3,(H,24,26). The minimum absolute atomic E-state index is 0.160. The molecular formula is C21H22FN3O2. The topological polar surface area (TPSA) is 57.4 Å². The zero-order chi connectivity index (χ0) is 18.8. The summed E-state index contributed by atoms with van der Waals surface area (Å²) in [4.78, 5) is 17.5. The number of aromatic amines is 1. The van der Waals surface area contributed by atoms with Crippen molar-refractivity contribution in [3.8, 4) is 5.75 Å². The first-order chi connectivity index (χ1) is 13.1. The highest BCUT2D eigenvalue weighted by Gasteiger charge is 2.21. The highest BCUT2D eigenvalue weighted by molar-refractivity contribution is 5.78. The first-order valence-corrected chi connectivity index (χ1v) is 9.03. The van der Waals surface area contributed by atoms with Gasteiger partial charge >= 0.3 is 0 Å².